The Kier molecular flexibility index (Phi) is 12.4. The molecule has 282 valence electrons. The number of aliphatic carboxylic acids is 1. The van der Waals surface area contributed by atoms with Crippen LogP contribution in [0.2, 0.25) is 0 Å². The van der Waals surface area contributed by atoms with Gasteiger partial charge in [-0.25, -0.2) is 14.8 Å². The zero-order chi connectivity index (χ0) is 38.2. The number of ether oxygens (including phenoxy) is 1. The van der Waals surface area contributed by atoms with Gasteiger partial charge in [-0.3, -0.25) is 14.7 Å². The van der Waals surface area contributed by atoms with E-state index < -0.39 is 41.4 Å². The lowest BCUT2D eigenvalue weighted by molar-refractivity contribution is -0.231. The van der Waals surface area contributed by atoms with Gasteiger partial charge in [-0.2, -0.15) is 22.7 Å². The van der Waals surface area contributed by atoms with Crippen LogP contribution in [0, 0.1) is 11.8 Å². The Bertz CT molecular complexity index is 1860. The van der Waals surface area contributed by atoms with Crippen molar-refractivity contribution in [1.29, 1.82) is 0 Å². The highest BCUT2D eigenvalue weighted by molar-refractivity contribution is 5.97. The average molecular weight is 740 g/mol. The van der Waals surface area contributed by atoms with Crippen molar-refractivity contribution in [2.45, 2.75) is 69.8 Å². The minimum Gasteiger partial charge on any atom is -0.478 e. The first-order chi connectivity index (χ1) is 25.3. The van der Waals surface area contributed by atoms with Gasteiger partial charge in [-0.1, -0.05) is 37.6 Å². The molecule has 0 saturated heterocycles. The lowest BCUT2D eigenvalue weighted by atomic mass is 9.81. The van der Waals surface area contributed by atoms with Gasteiger partial charge in [0.1, 0.15) is 6.04 Å². The summed E-state index contributed by atoms with van der Waals surface area (Å²) < 4.78 is 61.4. The molecule has 2 aromatic heterocycles. The third kappa shape index (κ3) is 9.35. The molecule has 1 fully saturated rings. The van der Waals surface area contributed by atoms with E-state index in [9.17, 15) is 31.9 Å². The Morgan fingerprint density at radius 3 is 2.36 bits per heavy atom. The molecule has 2 amide bonds. The highest BCUT2D eigenvalue weighted by Crippen LogP contribution is 2.42. The Labute approximate surface area is 302 Å². The highest BCUT2D eigenvalue weighted by atomic mass is 19.3. The second-order valence-corrected chi connectivity index (χ2v) is 13.0. The number of nitrogens with one attached hydrogen (secondary N) is 3. The standard InChI is InChI=1S/C37H41F4N7O5/c1-2-3-17-53-30-16-13-27(21-43-30)26-6-4-5-23(18-26)19-29(45-32(49)25-9-7-22(20-42)8-10-25)33(50)44-28-14-11-24(12-15-28)31-46-34(48-47-31)36(38,39)37(40,41)35(51)52/h4-6,11-16,18,21-22,25,29H,2-3,7-10,17,19-20,42H2,1H3,(H,44,50)(H,45,49)(H,51,52)(H,46,47,48). The number of carboxylic acids is 1. The van der Waals surface area contributed by atoms with Crippen LogP contribution in [0.4, 0.5) is 23.2 Å². The molecule has 4 aromatic rings. The number of aromatic amines is 1. The van der Waals surface area contributed by atoms with Crippen molar-refractivity contribution in [1.82, 2.24) is 25.5 Å². The molecule has 1 aliphatic rings. The lowest BCUT2D eigenvalue weighted by Gasteiger charge is -2.28. The van der Waals surface area contributed by atoms with Gasteiger partial charge in [-0.15, -0.1) is 0 Å². The van der Waals surface area contributed by atoms with Gasteiger partial charge in [0.15, 0.2) is 5.82 Å². The van der Waals surface area contributed by atoms with E-state index in [0.29, 0.717) is 37.8 Å². The van der Waals surface area contributed by atoms with Gasteiger partial charge in [0.05, 0.1) is 6.61 Å². The molecule has 1 saturated carbocycles. The first-order valence-electron chi connectivity index (χ1n) is 17.3. The molecule has 0 spiro atoms. The monoisotopic (exact) mass is 739 g/mol. The number of carbonyl (C=O) groups excluding carboxylic acids is 2. The molecule has 1 aliphatic carbocycles. The van der Waals surface area contributed by atoms with Crippen LogP contribution in [-0.2, 0) is 26.7 Å². The smallest absolute Gasteiger partial charge is 0.411 e. The van der Waals surface area contributed by atoms with Gasteiger partial charge in [0.25, 0.3) is 0 Å². The number of benzene rings is 2. The van der Waals surface area contributed by atoms with E-state index in [2.05, 4.69) is 32.6 Å². The van der Waals surface area contributed by atoms with Crippen molar-refractivity contribution in [3.63, 3.8) is 0 Å². The number of pyridine rings is 1. The number of H-pyrrole nitrogens is 1. The van der Waals surface area contributed by atoms with Crippen LogP contribution in [0.25, 0.3) is 22.5 Å². The molecule has 0 bridgehead atoms. The number of unbranched alkanes of at least 4 members (excludes halogenated alkanes) is 1. The summed E-state index contributed by atoms with van der Waals surface area (Å²) in [5.41, 5.74) is 8.70. The van der Waals surface area contributed by atoms with Crippen LogP contribution in [0.5, 0.6) is 5.88 Å². The predicted molar refractivity (Wildman–Crippen MR) is 187 cm³/mol. The van der Waals surface area contributed by atoms with Crippen molar-refractivity contribution in [2.24, 2.45) is 17.6 Å². The molecule has 53 heavy (non-hydrogen) atoms. The van der Waals surface area contributed by atoms with Crippen LogP contribution < -0.4 is 21.1 Å². The molecule has 5 rings (SSSR count). The summed E-state index contributed by atoms with van der Waals surface area (Å²) in [6.07, 6.45) is 6.76. The number of anilines is 1. The molecule has 12 nitrogen and oxygen atoms in total. The Morgan fingerprint density at radius 2 is 1.72 bits per heavy atom. The topological polar surface area (TPSA) is 185 Å². The van der Waals surface area contributed by atoms with Crippen molar-refractivity contribution >= 4 is 23.5 Å². The predicted octanol–water partition coefficient (Wildman–Crippen LogP) is 5.96. The number of amides is 2. The number of hydrogen-bond donors (Lipinski definition) is 5. The van der Waals surface area contributed by atoms with Gasteiger partial charge >= 0.3 is 17.8 Å². The van der Waals surface area contributed by atoms with Crippen LogP contribution >= 0.6 is 0 Å². The Morgan fingerprint density at radius 1 is 1.00 bits per heavy atom. The van der Waals surface area contributed by atoms with E-state index in [1.807, 2.05) is 30.3 Å². The zero-order valence-electron chi connectivity index (χ0n) is 29.0. The second-order valence-electron chi connectivity index (χ2n) is 13.0. The van der Waals surface area contributed by atoms with Crippen LogP contribution in [0.1, 0.15) is 56.8 Å². The quantitative estimate of drug-likeness (QED) is 0.0684. The summed E-state index contributed by atoms with van der Waals surface area (Å²) in [4.78, 5) is 45.7. The summed E-state index contributed by atoms with van der Waals surface area (Å²) in [7, 11) is 0. The number of carboxylic acid groups (broad SMARTS) is 1. The zero-order valence-corrected chi connectivity index (χ0v) is 29.0. The summed E-state index contributed by atoms with van der Waals surface area (Å²) in [5, 5.41) is 19.5. The number of nitrogens with two attached hydrogens (primary N) is 1. The van der Waals surface area contributed by atoms with Gasteiger partial charge in [0, 0.05) is 41.4 Å². The minimum absolute atomic E-state index is 0.115. The lowest BCUT2D eigenvalue weighted by Crippen LogP contribution is -2.48. The van der Waals surface area contributed by atoms with Gasteiger partial charge < -0.3 is 26.2 Å². The third-order valence-corrected chi connectivity index (χ3v) is 9.22. The van der Waals surface area contributed by atoms with E-state index in [0.717, 1.165) is 42.4 Å². The Balaban J connectivity index is 1.31. The maximum absolute atomic E-state index is 14.2. The van der Waals surface area contributed by atoms with E-state index in [-0.39, 0.29) is 29.5 Å². The number of halogens is 4. The largest absolute Gasteiger partial charge is 0.478 e. The van der Waals surface area contributed by atoms with Crippen molar-refractivity contribution < 1.29 is 41.8 Å². The van der Waals surface area contributed by atoms with Crippen molar-refractivity contribution in [3.8, 4) is 28.4 Å². The van der Waals surface area contributed by atoms with E-state index in [1.54, 1.807) is 17.4 Å². The number of hydrogen-bond acceptors (Lipinski definition) is 8. The molecule has 0 radical (unpaired) electrons. The fourth-order valence-corrected chi connectivity index (χ4v) is 5.98. The third-order valence-electron chi connectivity index (χ3n) is 9.22. The molecule has 1 atom stereocenters. The first kappa shape index (κ1) is 38.8. The summed E-state index contributed by atoms with van der Waals surface area (Å²) in [5.74, 6) is -15.8. The van der Waals surface area contributed by atoms with Crippen LogP contribution in [-0.4, -0.2) is 68.2 Å². The number of alkyl halides is 4. The molecule has 0 aliphatic heterocycles. The fraction of sp³-hybridized carbons (Fsp3) is 0.405. The number of nitrogens with zero attached hydrogens (tertiary/aromatic N) is 3. The van der Waals surface area contributed by atoms with E-state index in [1.165, 1.54) is 24.3 Å². The van der Waals surface area contributed by atoms with Crippen molar-refractivity contribution in [2.75, 3.05) is 18.5 Å². The molecule has 2 aromatic carbocycles. The Hall–Kier alpha value is -5.38. The second kappa shape index (κ2) is 17.0. The molecular formula is C37H41F4N7O5. The molecular weight excluding hydrogens is 698 g/mol. The first-order valence-corrected chi connectivity index (χ1v) is 17.3. The van der Waals surface area contributed by atoms with Crippen LogP contribution in [0.15, 0.2) is 66.9 Å². The SMILES string of the molecule is CCCCOc1ccc(-c2cccc(CC(NC(=O)C3CCC(CN)CC3)C(=O)Nc3ccc(-c4n[nH]c(C(F)(F)C(F)(F)C(=O)O)n4)cc3)c2)cn1. The maximum Gasteiger partial charge on any atom is 0.411 e. The molecule has 6 N–H and O–H groups in total. The number of aromatic nitrogens is 4. The highest BCUT2D eigenvalue weighted by Gasteiger charge is 2.65. The average Bonchev–Trinajstić information content (AvgIpc) is 3.67. The number of rotatable bonds is 16. The summed E-state index contributed by atoms with van der Waals surface area (Å²) in [6.45, 7) is 3.22. The maximum atomic E-state index is 14.2. The summed E-state index contributed by atoms with van der Waals surface area (Å²) in [6, 6.07) is 15.8. The van der Waals surface area contributed by atoms with E-state index >= 15 is 0 Å². The minimum atomic E-state index is -5.43. The number of carbonyl (C=O) groups is 3. The fourth-order valence-electron chi connectivity index (χ4n) is 5.98. The summed E-state index contributed by atoms with van der Waals surface area (Å²) >= 11 is 0. The van der Waals surface area contributed by atoms with Gasteiger partial charge in [0.2, 0.25) is 23.5 Å². The van der Waals surface area contributed by atoms with Crippen molar-refractivity contribution in [3.05, 3.63) is 78.2 Å². The molecule has 2 heterocycles. The van der Waals surface area contributed by atoms with Crippen LogP contribution in [0.3, 0.4) is 0 Å². The normalized spacial score (nSPS) is 16.8. The van der Waals surface area contributed by atoms with Gasteiger partial charge in [-0.05, 0) is 86.0 Å². The molecule has 1 unspecified atom stereocenters. The molecule has 16 heteroatoms. The van der Waals surface area contributed by atoms with E-state index in [4.69, 9.17) is 15.6 Å².